The normalized spacial score (nSPS) is 22.7. The molecule has 2 aliphatic rings. The molecule has 2 aromatic carbocycles. The number of para-hydroxylation sites is 1. The zero-order valence-corrected chi connectivity index (χ0v) is 19.1. The van der Waals surface area contributed by atoms with Gasteiger partial charge in [-0.25, -0.2) is 13.2 Å². The molecule has 1 N–H and O–H groups in total. The molecule has 32 heavy (non-hydrogen) atoms. The minimum absolute atomic E-state index is 0.212. The summed E-state index contributed by atoms with van der Waals surface area (Å²) in [4.78, 5) is 24.5. The van der Waals surface area contributed by atoms with Crippen molar-refractivity contribution in [3.05, 3.63) is 53.6 Å². The number of benzene rings is 2. The first-order valence-corrected chi connectivity index (χ1v) is 11.9. The summed E-state index contributed by atoms with van der Waals surface area (Å²) in [5.74, 6) is -0.785. The second-order valence-electron chi connectivity index (χ2n) is 8.14. The zero-order chi connectivity index (χ0) is 23.1. The highest BCUT2D eigenvalue weighted by Gasteiger charge is 2.75. The molecule has 0 radical (unpaired) electrons. The summed E-state index contributed by atoms with van der Waals surface area (Å²) < 4.78 is 37.0. The van der Waals surface area contributed by atoms with Crippen LogP contribution in [0.4, 0.5) is 11.4 Å². The average Bonchev–Trinajstić information content (AvgIpc) is 3.44. The third kappa shape index (κ3) is 3.60. The van der Waals surface area contributed by atoms with E-state index in [-0.39, 0.29) is 19.1 Å². The Morgan fingerprint density at radius 3 is 2.41 bits per heavy atom. The van der Waals surface area contributed by atoms with Gasteiger partial charge in [0.25, 0.3) is 0 Å². The topological polar surface area (TPSA) is 102 Å². The van der Waals surface area contributed by atoms with Crippen LogP contribution in [-0.2, 0) is 24.3 Å². The number of carbonyl (C=O) groups excluding carboxylic acids is 2. The Hall–Kier alpha value is -3.07. The first-order chi connectivity index (χ1) is 15.2. The SMILES string of the molecule is CCOC(=O)COc1ccc(NC(=O)C23CC2CN(c2c(C)cccc2C)S3(=O)=O)cc1. The summed E-state index contributed by atoms with van der Waals surface area (Å²) in [6.45, 7) is 5.84. The highest BCUT2D eigenvalue weighted by Crippen LogP contribution is 2.59. The summed E-state index contributed by atoms with van der Waals surface area (Å²) in [6.07, 6.45) is 0.323. The molecule has 9 heteroatoms. The number of aryl methyl sites for hydroxylation is 2. The number of nitrogens with zero attached hydrogens (tertiary/aromatic N) is 1. The van der Waals surface area contributed by atoms with Crippen LogP contribution in [0.15, 0.2) is 42.5 Å². The molecule has 0 aromatic heterocycles. The van der Waals surface area contributed by atoms with Crippen molar-refractivity contribution in [1.82, 2.24) is 0 Å². The second kappa shape index (κ2) is 8.12. The van der Waals surface area contributed by atoms with Crippen LogP contribution in [0.5, 0.6) is 5.75 Å². The third-order valence-corrected chi connectivity index (χ3v) is 8.55. The molecule has 0 bridgehead atoms. The fraction of sp³-hybridized carbons (Fsp3) is 0.391. The number of amides is 1. The molecule has 4 rings (SSSR count). The quantitative estimate of drug-likeness (QED) is 0.640. The first-order valence-electron chi connectivity index (χ1n) is 10.5. The van der Waals surface area contributed by atoms with Crippen LogP contribution >= 0.6 is 0 Å². The van der Waals surface area contributed by atoms with Gasteiger partial charge in [0.1, 0.15) is 5.75 Å². The zero-order valence-electron chi connectivity index (χ0n) is 18.3. The largest absolute Gasteiger partial charge is 0.482 e. The lowest BCUT2D eigenvalue weighted by Gasteiger charge is -2.26. The number of rotatable bonds is 7. The van der Waals surface area contributed by atoms with E-state index in [1.54, 1.807) is 31.2 Å². The number of fused-ring (bicyclic) bond motifs is 1. The predicted octanol–water partition coefficient (Wildman–Crippen LogP) is 2.79. The van der Waals surface area contributed by atoms with Gasteiger partial charge in [-0.3, -0.25) is 9.10 Å². The Kier molecular flexibility index (Phi) is 5.62. The first kappa shape index (κ1) is 22.1. The minimum Gasteiger partial charge on any atom is -0.482 e. The van der Waals surface area contributed by atoms with Gasteiger partial charge in [-0.1, -0.05) is 18.2 Å². The van der Waals surface area contributed by atoms with E-state index in [1.807, 2.05) is 32.0 Å². The van der Waals surface area contributed by atoms with E-state index in [1.165, 1.54) is 4.31 Å². The van der Waals surface area contributed by atoms with Gasteiger partial charge in [-0.05, 0) is 62.6 Å². The maximum atomic E-state index is 13.5. The summed E-state index contributed by atoms with van der Waals surface area (Å²) >= 11 is 0. The molecule has 170 valence electrons. The van der Waals surface area contributed by atoms with Crippen LogP contribution in [0.1, 0.15) is 24.5 Å². The van der Waals surface area contributed by atoms with Crippen LogP contribution in [0.2, 0.25) is 0 Å². The molecule has 1 amide bonds. The second-order valence-corrected chi connectivity index (χ2v) is 10.3. The molecule has 1 aliphatic heterocycles. The van der Waals surface area contributed by atoms with E-state index in [9.17, 15) is 18.0 Å². The standard InChI is InChI=1S/C23H26N2O6S/c1-4-30-20(26)14-31-19-10-8-18(9-11-19)24-22(27)23-12-17(23)13-25(32(23,28)29)21-15(2)6-5-7-16(21)3/h5-11,17H,4,12-14H2,1-3H3,(H,24,27). The van der Waals surface area contributed by atoms with Crippen molar-refractivity contribution in [3.63, 3.8) is 0 Å². The van der Waals surface area contributed by atoms with Crippen LogP contribution in [0, 0.1) is 19.8 Å². The third-order valence-electron chi connectivity index (χ3n) is 6.03. The van der Waals surface area contributed by atoms with Crippen molar-refractivity contribution in [2.75, 3.05) is 29.4 Å². The van der Waals surface area contributed by atoms with Crippen LogP contribution in [-0.4, -0.2) is 44.8 Å². The molecule has 2 atom stereocenters. The number of sulfonamides is 1. The number of anilines is 2. The Bertz CT molecular complexity index is 1140. The van der Waals surface area contributed by atoms with Gasteiger partial charge in [0.05, 0.1) is 12.3 Å². The molecular weight excluding hydrogens is 432 g/mol. The van der Waals surface area contributed by atoms with Gasteiger partial charge in [0.2, 0.25) is 15.9 Å². The summed E-state index contributed by atoms with van der Waals surface area (Å²) in [7, 11) is -3.86. The van der Waals surface area contributed by atoms with E-state index in [0.717, 1.165) is 11.1 Å². The average molecular weight is 459 g/mol. The predicted molar refractivity (Wildman–Crippen MR) is 120 cm³/mol. The van der Waals surface area contributed by atoms with Crippen molar-refractivity contribution in [2.24, 2.45) is 5.92 Å². The smallest absolute Gasteiger partial charge is 0.344 e. The van der Waals surface area contributed by atoms with Gasteiger partial charge >= 0.3 is 5.97 Å². The minimum atomic E-state index is -3.86. The lowest BCUT2D eigenvalue weighted by atomic mass is 10.1. The van der Waals surface area contributed by atoms with Gasteiger partial charge in [-0.2, -0.15) is 0 Å². The molecule has 2 aromatic rings. The van der Waals surface area contributed by atoms with Crippen molar-refractivity contribution in [1.29, 1.82) is 0 Å². The molecule has 0 spiro atoms. The van der Waals surface area contributed by atoms with Crippen molar-refractivity contribution < 1.29 is 27.5 Å². The summed E-state index contributed by atoms with van der Waals surface area (Å²) in [5.41, 5.74) is 2.85. The van der Waals surface area contributed by atoms with E-state index in [0.29, 0.717) is 30.1 Å². The molecule has 1 aliphatic carbocycles. The van der Waals surface area contributed by atoms with E-state index in [2.05, 4.69) is 5.32 Å². The summed E-state index contributed by atoms with van der Waals surface area (Å²) in [6, 6.07) is 12.1. The monoisotopic (exact) mass is 458 g/mol. The fourth-order valence-electron chi connectivity index (χ4n) is 4.35. The highest BCUT2D eigenvalue weighted by molar-refractivity contribution is 7.95. The van der Waals surface area contributed by atoms with Gasteiger partial charge in [0.15, 0.2) is 11.4 Å². The Labute approximate surface area is 187 Å². The summed E-state index contributed by atoms with van der Waals surface area (Å²) in [5, 5.41) is 2.74. The lowest BCUT2D eigenvalue weighted by Crippen LogP contribution is -2.42. The maximum Gasteiger partial charge on any atom is 0.344 e. The fourth-order valence-corrected chi connectivity index (χ4v) is 6.84. The Morgan fingerprint density at radius 1 is 1.12 bits per heavy atom. The lowest BCUT2D eigenvalue weighted by molar-refractivity contribution is -0.145. The van der Waals surface area contributed by atoms with Crippen molar-refractivity contribution >= 4 is 33.3 Å². The number of ether oxygens (including phenoxy) is 2. The van der Waals surface area contributed by atoms with E-state index >= 15 is 0 Å². The van der Waals surface area contributed by atoms with Crippen LogP contribution in [0.25, 0.3) is 0 Å². The maximum absolute atomic E-state index is 13.5. The van der Waals surface area contributed by atoms with Gasteiger partial charge in [0, 0.05) is 18.2 Å². The Balaban J connectivity index is 1.47. The highest BCUT2D eigenvalue weighted by atomic mass is 32.2. The van der Waals surface area contributed by atoms with Crippen molar-refractivity contribution in [3.8, 4) is 5.75 Å². The molecule has 2 unspecified atom stereocenters. The number of carbonyl (C=O) groups is 2. The molecule has 8 nitrogen and oxygen atoms in total. The molecule has 1 heterocycles. The van der Waals surface area contributed by atoms with Gasteiger partial charge < -0.3 is 14.8 Å². The molecular formula is C23H26N2O6S. The van der Waals surface area contributed by atoms with E-state index in [4.69, 9.17) is 9.47 Å². The van der Waals surface area contributed by atoms with Crippen molar-refractivity contribution in [2.45, 2.75) is 31.9 Å². The molecule has 1 saturated carbocycles. The van der Waals surface area contributed by atoms with Crippen LogP contribution < -0.4 is 14.4 Å². The number of hydrogen-bond acceptors (Lipinski definition) is 6. The van der Waals surface area contributed by atoms with Crippen LogP contribution in [0.3, 0.4) is 0 Å². The Morgan fingerprint density at radius 2 is 1.78 bits per heavy atom. The molecule has 2 fully saturated rings. The number of nitrogens with one attached hydrogen (secondary N) is 1. The number of hydrogen-bond donors (Lipinski definition) is 1. The number of esters is 1. The van der Waals surface area contributed by atoms with Gasteiger partial charge in [-0.15, -0.1) is 0 Å². The molecule has 1 saturated heterocycles. The van der Waals surface area contributed by atoms with E-state index < -0.39 is 26.6 Å².